The molecule has 2 aromatic carbocycles. The second-order valence-electron chi connectivity index (χ2n) is 8.75. The second-order valence-corrected chi connectivity index (χ2v) is 9.79. The van der Waals surface area contributed by atoms with Gasteiger partial charge in [-0.1, -0.05) is 55.4 Å². The van der Waals surface area contributed by atoms with Crippen LogP contribution >= 0.6 is 11.3 Å². The Hall–Kier alpha value is -3.52. The highest BCUT2D eigenvalue weighted by molar-refractivity contribution is 7.15. The quantitative estimate of drug-likeness (QED) is 0.289. The molecule has 0 saturated heterocycles. The largest absolute Gasteiger partial charge is 0.494 e. The standard InChI is InChI=1S/C27H27N3O4S/c1-4-6-14-33-18-11-9-17(10-12-18)23-22-24(31)19-15-16(3)8-13-20(19)34-25(22)26(32)30(23)27-29-28-21(35-27)7-5-2/h8-13,15,23H,4-7,14H2,1-3H3. The minimum absolute atomic E-state index is 0.0619. The van der Waals surface area contributed by atoms with Crippen LogP contribution in [0.15, 0.2) is 51.7 Å². The summed E-state index contributed by atoms with van der Waals surface area (Å²) in [5, 5.41) is 10.4. The van der Waals surface area contributed by atoms with Gasteiger partial charge in [-0.25, -0.2) is 0 Å². The number of unbranched alkanes of at least 4 members (excludes halogenated alkanes) is 1. The Labute approximate surface area is 207 Å². The summed E-state index contributed by atoms with van der Waals surface area (Å²) in [6, 6.07) is 12.3. The fraction of sp³-hybridized carbons (Fsp3) is 0.333. The van der Waals surface area contributed by atoms with Crippen LogP contribution in [0.2, 0.25) is 0 Å². The van der Waals surface area contributed by atoms with Crippen molar-refractivity contribution in [3.8, 4) is 5.75 Å². The molecule has 0 aliphatic carbocycles. The summed E-state index contributed by atoms with van der Waals surface area (Å²) in [6.45, 7) is 6.76. The van der Waals surface area contributed by atoms with Crippen LogP contribution in [0.3, 0.4) is 0 Å². The Morgan fingerprint density at radius 3 is 2.60 bits per heavy atom. The Balaban J connectivity index is 1.65. The number of carbonyl (C=O) groups is 1. The number of carbonyl (C=O) groups excluding carboxylic acids is 1. The van der Waals surface area contributed by atoms with Crippen molar-refractivity contribution in [1.29, 1.82) is 0 Å². The number of rotatable bonds is 8. The number of anilines is 1. The highest BCUT2D eigenvalue weighted by Crippen LogP contribution is 2.42. The molecule has 0 radical (unpaired) electrons. The second kappa shape index (κ2) is 9.62. The van der Waals surface area contributed by atoms with Gasteiger partial charge in [-0.15, -0.1) is 10.2 Å². The molecule has 8 heteroatoms. The van der Waals surface area contributed by atoms with Gasteiger partial charge < -0.3 is 9.15 Å². The predicted molar refractivity (Wildman–Crippen MR) is 137 cm³/mol. The summed E-state index contributed by atoms with van der Waals surface area (Å²) >= 11 is 1.37. The first-order valence-corrected chi connectivity index (χ1v) is 12.8. The molecule has 5 rings (SSSR count). The van der Waals surface area contributed by atoms with Gasteiger partial charge >= 0.3 is 0 Å². The summed E-state index contributed by atoms with van der Waals surface area (Å²) in [5.74, 6) is 0.430. The molecule has 7 nitrogen and oxygen atoms in total. The van der Waals surface area contributed by atoms with Gasteiger partial charge in [-0.3, -0.25) is 14.5 Å². The summed E-state index contributed by atoms with van der Waals surface area (Å²) in [7, 11) is 0. The lowest BCUT2D eigenvalue weighted by atomic mass is 9.98. The summed E-state index contributed by atoms with van der Waals surface area (Å²) in [5.41, 5.74) is 2.26. The number of aromatic nitrogens is 2. The molecule has 4 aromatic rings. The normalized spacial score (nSPS) is 15.1. The number of amides is 1. The van der Waals surface area contributed by atoms with Crippen LogP contribution in [0.25, 0.3) is 11.0 Å². The van der Waals surface area contributed by atoms with E-state index in [1.165, 1.54) is 11.3 Å². The van der Waals surface area contributed by atoms with E-state index < -0.39 is 6.04 Å². The van der Waals surface area contributed by atoms with E-state index in [4.69, 9.17) is 9.15 Å². The van der Waals surface area contributed by atoms with Crippen LogP contribution in [-0.2, 0) is 6.42 Å². The number of hydrogen-bond donors (Lipinski definition) is 0. The molecule has 0 spiro atoms. The third kappa shape index (κ3) is 4.23. The van der Waals surface area contributed by atoms with Crippen LogP contribution in [0, 0.1) is 6.92 Å². The van der Waals surface area contributed by atoms with Crippen LogP contribution in [0.1, 0.15) is 71.4 Å². The SMILES string of the molecule is CCCCOc1ccc(C2c3c(oc4ccc(C)cc4c3=O)C(=O)N2c2nnc(CCC)s2)cc1. The predicted octanol–water partition coefficient (Wildman–Crippen LogP) is 5.83. The minimum atomic E-state index is -0.661. The third-order valence-corrected chi connectivity index (χ3v) is 7.10. The van der Waals surface area contributed by atoms with Crippen molar-refractivity contribution < 1.29 is 13.9 Å². The highest BCUT2D eigenvalue weighted by atomic mass is 32.1. The number of fused-ring (bicyclic) bond motifs is 2. The van der Waals surface area contributed by atoms with E-state index in [0.717, 1.165) is 47.6 Å². The van der Waals surface area contributed by atoms with E-state index in [9.17, 15) is 9.59 Å². The molecule has 1 amide bonds. The van der Waals surface area contributed by atoms with Crippen LogP contribution in [0.5, 0.6) is 5.75 Å². The fourth-order valence-electron chi connectivity index (χ4n) is 4.34. The summed E-state index contributed by atoms with van der Waals surface area (Å²) < 4.78 is 11.8. The van der Waals surface area contributed by atoms with Crippen LogP contribution in [0.4, 0.5) is 5.13 Å². The van der Waals surface area contributed by atoms with E-state index in [1.54, 1.807) is 17.0 Å². The Bertz CT molecular complexity index is 1440. The number of nitrogens with zero attached hydrogens (tertiary/aromatic N) is 3. The lowest BCUT2D eigenvalue weighted by Crippen LogP contribution is -2.29. The Kier molecular flexibility index (Phi) is 6.38. The molecule has 1 atom stereocenters. The van der Waals surface area contributed by atoms with E-state index in [-0.39, 0.29) is 17.1 Å². The molecule has 0 bridgehead atoms. The maximum absolute atomic E-state index is 13.7. The Morgan fingerprint density at radius 1 is 1.06 bits per heavy atom. The molecule has 0 saturated carbocycles. The number of hydrogen-bond acceptors (Lipinski definition) is 7. The van der Waals surface area contributed by atoms with E-state index in [0.29, 0.717) is 28.3 Å². The van der Waals surface area contributed by atoms with Gasteiger partial charge in [-0.2, -0.15) is 0 Å². The van der Waals surface area contributed by atoms with Crippen molar-refractivity contribution in [2.75, 3.05) is 11.5 Å². The van der Waals surface area contributed by atoms with Gasteiger partial charge in [-0.05, 0) is 49.6 Å². The van der Waals surface area contributed by atoms with Gasteiger partial charge in [0.15, 0.2) is 5.43 Å². The van der Waals surface area contributed by atoms with Crippen molar-refractivity contribution >= 4 is 33.3 Å². The third-order valence-electron chi connectivity index (χ3n) is 6.11. The van der Waals surface area contributed by atoms with E-state index in [2.05, 4.69) is 24.0 Å². The van der Waals surface area contributed by atoms with Gasteiger partial charge in [0.2, 0.25) is 10.9 Å². The molecule has 1 unspecified atom stereocenters. The molecule has 3 heterocycles. The summed E-state index contributed by atoms with van der Waals surface area (Å²) in [4.78, 5) is 28.9. The topological polar surface area (TPSA) is 85.5 Å². The van der Waals surface area contributed by atoms with Crippen LogP contribution < -0.4 is 15.1 Å². The van der Waals surface area contributed by atoms with E-state index >= 15 is 0 Å². The van der Waals surface area contributed by atoms with Crippen molar-refractivity contribution in [1.82, 2.24) is 10.2 Å². The molecule has 0 N–H and O–H groups in total. The van der Waals surface area contributed by atoms with Crippen molar-refractivity contribution in [2.24, 2.45) is 0 Å². The average molecular weight is 490 g/mol. The highest BCUT2D eigenvalue weighted by Gasteiger charge is 2.45. The van der Waals surface area contributed by atoms with Crippen LogP contribution in [-0.4, -0.2) is 22.7 Å². The first-order valence-electron chi connectivity index (χ1n) is 12.0. The maximum Gasteiger partial charge on any atom is 0.297 e. The van der Waals surface area contributed by atoms with Gasteiger partial charge in [0, 0.05) is 6.42 Å². The molecule has 0 fully saturated rings. The monoisotopic (exact) mass is 489 g/mol. The van der Waals surface area contributed by atoms with Gasteiger partial charge in [0.1, 0.15) is 16.3 Å². The molecule has 2 aromatic heterocycles. The molecular formula is C27H27N3O4S. The molecule has 180 valence electrons. The van der Waals surface area contributed by atoms with Crippen molar-refractivity contribution in [3.63, 3.8) is 0 Å². The smallest absolute Gasteiger partial charge is 0.297 e. The van der Waals surface area contributed by atoms with E-state index in [1.807, 2.05) is 37.3 Å². The molecule has 1 aliphatic heterocycles. The number of ether oxygens (including phenoxy) is 1. The fourth-order valence-corrected chi connectivity index (χ4v) is 5.30. The number of benzene rings is 2. The lowest BCUT2D eigenvalue weighted by molar-refractivity contribution is 0.0970. The van der Waals surface area contributed by atoms with Crippen molar-refractivity contribution in [3.05, 3.63) is 80.1 Å². The summed E-state index contributed by atoms with van der Waals surface area (Å²) in [6.07, 6.45) is 3.74. The molecule has 35 heavy (non-hydrogen) atoms. The molecule has 1 aliphatic rings. The maximum atomic E-state index is 13.7. The Morgan fingerprint density at radius 2 is 1.86 bits per heavy atom. The number of aryl methyl sites for hydroxylation is 2. The van der Waals surface area contributed by atoms with Gasteiger partial charge in [0.25, 0.3) is 5.91 Å². The molecular weight excluding hydrogens is 462 g/mol. The van der Waals surface area contributed by atoms with Gasteiger partial charge in [0.05, 0.1) is 23.6 Å². The first-order chi connectivity index (χ1) is 17.0. The first kappa shape index (κ1) is 23.2. The lowest BCUT2D eigenvalue weighted by Gasteiger charge is -2.22. The zero-order chi connectivity index (χ0) is 24.5. The zero-order valence-corrected chi connectivity index (χ0v) is 20.9. The zero-order valence-electron chi connectivity index (χ0n) is 20.0. The van der Waals surface area contributed by atoms with Crippen molar-refractivity contribution in [2.45, 2.75) is 52.5 Å². The average Bonchev–Trinajstić information content (AvgIpc) is 3.43. The minimum Gasteiger partial charge on any atom is -0.494 e.